The van der Waals surface area contributed by atoms with Crippen LogP contribution in [0.4, 0.5) is 8.78 Å². The molecule has 0 aliphatic heterocycles. The number of nitrogens with one attached hydrogen (secondary N) is 2. The molecule has 0 spiro atoms. The van der Waals surface area contributed by atoms with Crippen molar-refractivity contribution in [3.8, 4) is 5.75 Å². The number of carbonyl (C=O) groups excluding carboxylic acids is 2. The molecule has 1 aromatic rings. The van der Waals surface area contributed by atoms with Crippen molar-refractivity contribution in [3.05, 3.63) is 28.8 Å². The number of phenolic OH excluding ortho intramolecular Hbond substituents is 1. The number of carbonyl (C=O) groups is 2. The van der Waals surface area contributed by atoms with E-state index in [0.29, 0.717) is 6.92 Å². The first-order chi connectivity index (χ1) is 9.46. The predicted molar refractivity (Wildman–Crippen MR) is 73.1 cm³/mol. The van der Waals surface area contributed by atoms with Crippen molar-refractivity contribution in [2.75, 3.05) is 0 Å². The number of aromatic hydroxyl groups is 1. The average Bonchev–Trinajstić information content (AvgIpc) is 2.36. The predicted octanol–water partition coefficient (Wildman–Crippen LogP) is 2.49. The monoisotopic (exact) mass is 320 g/mol. The summed E-state index contributed by atoms with van der Waals surface area (Å²) in [5.41, 5.74) is 1.65. The van der Waals surface area contributed by atoms with Crippen LogP contribution in [0.2, 0.25) is 5.02 Å². The summed E-state index contributed by atoms with van der Waals surface area (Å²) < 4.78 is 26.6. The summed E-state index contributed by atoms with van der Waals surface area (Å²) in [6.07, 6.45) is 0. The van der Waals surface area contributed by atoms with Gasteiger partial charge in [-0.1, -0.05) is 11.6 Å². The van der Waals surface area contributed by atoms with Crippen molar-refractivity contribution in [2.45, 2.75) is 26.7 Å². The molecule has 0 unspecified atom stereocenters. The number of alkyl halides is 2. The van der Waals surface area contributed by atoms with Gasteiger partial charge in [-0.3, -0.25) is 20.4 Å². The highest BCUT2D eigenvalue weighted by Crippen LogP contribution is 2.35. The van der Waals surface area contributed by atoms with Crippen LogP contribution in [-0.2, 0) is 4.79 Å². The van der Waals surface area contributed by atoms with Crippen molar-refractivity contribution < 1.29 is 23.5 Å². The van der Waals surface area contributed by atoms with Gasteiger partial charge in [0.25, 0.3) is 11.8 Å². The number of hydrazine groups is 1. The first kappa shape index (κ1) is 17.2. The van der Waals surface area contributed by atoms with E-state index in [2.05, 4.69) is 0 Å². The molecule has 1 aromatic carbocycles. The first-order valence-electron chi connectivity index (χ1n) is 5.94. The Kier molecular flexibility index (Phi) is 4.78. The Hall–Kier alpha value is -1.89. The van der Waals surface area contributed by atoms with E-state index in [4.69, 9.17) is 11.6 Å². The second-order valence-corrected chi connectivity index (χ2v) is 5.52. The maximum absolute atomic E-state index is 13.3. The van der Waals surface area contributed by atoms with Crippen molar-refractivity contribution in [1.82, 2.24) is 10.9 Å². The molecule has 0 fully saturated rings. The summed E-state index contributed by atoms with van der Waals surface area (Å²) in [6.45, 7) is 2.70. The van der Waals surface area contributed by atoms with Crippen LogP contribution in [0.3, 0.4) is 0 Å². The molecule has 3 N–H and O–H groups in total. The zero-order valence-corrected chi connectivity index (χ0v) is 12.4. The van der Waals surface area contributed by atoms with Gasteiger partial charge >= 0.3 is 0 Å². The van der Waals surface area contributed by atoms with Gasteiger partial charge < -0.3 is 5.11 Å². The third kappa shape index (κ3) is 3.81. The molecule has 0 aliphatic carbocycles. The molecular weight excluding hydrogens is 306 g/mol. The van der Waals surface area contributed by atoms with Crippen molar-refractivity contribution in [2.24, 2.45) is 5.41 Å². The second-order valence-electron chi connectivity index (χ2n) is 5.08. The van der Waals surface area contributed by atoms with Crippen LogP contribution in [0.5, 0.6) is 5.75 Å². The van der Waals surface area contributed by atoms with Gasteiger partial charge in [-0.15, -0.1) is 0 Å². The van der Waals surface area contributed by atoms with E-state index in [1.54, 1.807) is 0 Å². The Morgan fingerprint density at radius 1 is 1.19 bits per heavy atom. The van der Waals surface area contributed by atoms with Crippen LogP contribution in [0.15, 0.2) is 18.2 Å². The molecule has 116 valence electrons. The lowest BCUT2D eigenvalue weighted by molar-refractivity contribution is -0.152. The van der Waals surface area contributed by atoms with Gasteiger partial charge in [0.05, 0.1) is 5.56 Å². The third-order valence-electron chi connectivity index (χ3n) is 3.16. The number of phenols is 1. The molecule has 0 heterocycles. The quantitative estimate of drug-likeness (QED) is 0.749. The lowest BCUT2D eigenvalue weighted by Crippen LogP contribution is -2.53. The zero-order valence-electron chi connectivity index (χ0n) is 11.6. The Morgan fingerprint density at radius 2 is 1.76 bits per heavy atom. The Balaban J connectivity index is 2.78. The molecule has 0 saturated heterocycles. The molecule has 0 bridgehead atoms. The minimum Gasteiger partial charge on any atom is -0.507 e. The van der Waals surface area contributed by atoms with Crippen LogP contribution in [0.1, 0.15) is 31.1 Å². The van der Waals surface area contributed by atoms with Gasteiger partial charge in [0, 0.05) is 11.9 Å². The van der Waals surface area contributed by atoms with E-state index < -0.39 is 23.2 Å². The molecule has 5 nitrogen and oxygen atoms in total. The second kappa shape index (κ2) is 5.85. The summed E-state index contributed by atoms with van der Waals surface area (Å²) in [4.78, 5) is 23.5. The molecule has 1 rings (SSSR count). The number of hydrogen-bond donors (Lipinski definition) is 3. The first-order valence-corrected chi connectivity index (χ1v) is 6.31. The highest BCUT2D eigenvalue weighted by molar-refractivity contribution is 6.31. The highest BCUT2D eigenvalue weighted by Gasteiger charge is 2.48. The van der Waals surface area contributed by atoms with Crippen LogP contribution >= 0.6 is 11.6 Å². The molecule has 0 atom stereocenters. The third-order valence-corrected chi connectivity index (χ3v) is 3.39. The average molecular weight is 321 g/mol. The van der Waals surface area contributed by atoms with Crippen LogP contribution < -0.4 is 10.9 Å². The van der Waals surface area contributed by atoms with Crippen LogP contribution in [0.25, 0.3) is 0 Å². The van der Waals surface area contributed by atoms with Crippen LogP contribution in [0, 0.1) is 5.41 Å². The summed E-state index contributed by atoms with van der Waals surface area (Å²) in [7, 11) is 0. The molecule has 2 amide bonds. The molecule has 21 heavy (non-hydrogen) atoms. The maximum Gasteiger partial charge on any atom is 0.273 e. The standard InChI is InChI=1S/C13H15ClF2N2O3/c1-12(2,13(3,15)16)11(21)18-17-10(20)8-6-7(14)4-5-9(8)19/h4-6,19H,1-3H3,(H,17,20)(H,18,21). The van der Waals surface area contributed by atoms with Crippen LogP contribution in [-0.4, -0.2) is 22.8 Å². The molecule has 0 saturated carbocycles. The lowest BCUT2D eigenvalue weighted by atomic mass is 9.86. The molecule has 0 aliphatic rings. The van der Waals surface area contributed by atoms with E-state index in [-0.39, 0.29) is 16.3 Å². The van der Waals surface area contributed by atoms with Gasteiger partial charge in [-0.25, -0.2) is 8.78 Å². The fourth-order valence-electron chi connectivity index (χ4n) is 1.23. The minimum absolute atomic E-state index is 0.191. The Bertz CT molecular complexity index is 571. The Labute approximate surface area is 125 Å². The Morgan fingerprint density at radius 3 is 2.29 bits per heavy atom. The summed E-state index contributed by atoms with van der Waals surface area (Å²) in [5, 5.41) is 9.71. The lowest BCUT2D eigenvalue weighted by Gasteiger charge is -2.29. The fraction of sp³-hybridized carbons (Fsp3) is 0.385. The van der Waals surface area contributed by atoms with E-state index in [1.807, 2.05) is 10.9 Å². The normalized spacial score (nSPS) is 11.9. The molecule has 8 heteroatoms. The van der Waals surface area contributed by atoms with Crippen molar-refractivity contribution >= 4 is 23.4 Å². The fourth-order valence-corrected chi connectivity index (χ4v) is 1.40. The van der Waals surface area contributed by atoms with E-state index in [1.165, 1.54) is 18.2 Å². The maximum atomic E-state index is 13.3. The van der Waals surface area contributed by atoms with E-state index in [0.717, 1.165) is 13.8 Å². The largest absolute Gasteiger partial charge is 0.507 e. The summed E-state index contributed by atoms with van der Waals surface area (Å²) >= 11 is 5.68. The van der Waals surface area contributed by atoms with E-state index in [9.17, 15) is 23.5 Å². The van der Waals surface area contributed by atoms with Gasteiger partial charge in [-0.05, 0) is 32.0 Å². The van der Waals surface area contributed by atoms with Crippen molar-refractivity contribution in [3.63, 3.8) is 0 Å². The van der Waals surface area contributed by atoms with Crippen molar-refractivity contribution in [1.29, 1.82) is 0 Å². The molecule has 0 radical (unpaired) electrons. The number of halogens is 3. The van der Waals surface area contributed by atoms with Gasteiger partial charge in [0.15, 0.2) is 0 Å². The van der Waals surface area contributed by atoms with E-state index >= 15 is 0 Å². The number of benzene rings is 1. The zero-order chi connectivity index (χ0) is 16.4. The number of rotatable bonds is 3. The SMILES string of the molecule is CC(F)(F)C(C)(C)C(=O)NNC(=O)c1cc(Cl)ccc1O. The minimum atomic E-state index is -3.28. The smallest absolute Gasteiger partial charge is 0.273 e. The topological polar surface area (TPSA) is 78.4 Å². The summed E-state index contributed by atoms with van der Waals surface area (Å²) in [6, 6.07) is 3.74. The van der Waals surface area contributed by atoms with Gasteiger partial charge in [0.1, 0.15) is 11.2 Å². The van der Waals surface area contributed by atoms with Gasteiger partial charge in [-0.2, -0.15) is 0 Å². The number of hydrogen-bond acceptors (Lipinski definition) is 3. The molecule has 0 aromatic heterocycles. The molecular formula is C13H15ClF2N2O3. The van der Waals surface area contributed by atoms with Gasteiger partial charge in [0.2, 0.25) is 5.91 Å². The highest BCUT2D eigenvalue weighted by atomic mass is 35.5. The summed E-state index contributed by atoms with van der Waals surface area (Å²) in [5.74, 6) is -5.57. The number of amides is 2.